The van der Waals surface area contributed by atoms with Crippen molar-refractivity contribution >= 4 is 17.8 Å². The Kier molecular flexibility index (Phi) is 17.3. The van der Waals surface area contributed by atoms with E-state index < -0.39 is 191 Å². The first-order valence-electron chi connectivity index (χ1n) is 19.4. The van der Waals surface area contributed by atoms with Gasteiger partial charge in [0.1, 0.15) is 110 Å². The molecule has 5 rings (SSSR count). The van der Waals surface area contributed by atoms with Gasteiger partial charge in [0.25, 0.3) is 0 Å². The van der Waals surface area contributed by atoms with Gasteiger partial charge in [-0.15, -0.1) is 0 Å². The minimum absolute atomic E-state index is 0.788. The van der Waals surface area contributed by atoms with Crippen molar-refractivity contribution in [3.63, 3.8) is 0 Å². The zero-order chi connectivity index (χ0) is 46.1. The van der Waals surface area contributed by atoms with Gasteiger partial charge in [0, 0.05) is 13.8 Å². The summed E-state index contributed by atoms with van der Waals surface area (Å²) in [6.07, 6.45) is -44.1. The van der Waals surface area contributed by atoms with Crippen LogP contribution in [0.1, 0.15) is 20.8 Å². The normalized spacial score (nSPS) is 48.9. The molecule has 5 heterocycles. The number of ether oxygens (including phenoxy) is 9. The number of carbonyl (C=O) groups excluding carboxylic acids is 2. The predicted molar refractivity (Wildman–Crippen MR) is 189 cm³/mol. The molecule has 0 aromatic rings. The molecule has 5 aliphatic heterocycles. The van der Waals surface area contributed by atoms with E-state index in [-0.39, 0.29) is 0 Å². The summed E-state index contributed by atoms with van der Waals surface area (Å²) in [6, 6.07) is -3.48. The molecule has 5 fully saturated rings. The number of carbonyl (C=O) groups is 3. The average molecular weight is 909 g/mol. The van der Waals surface area contributed by atoms with Crippen molar-refractivity contribution < 1.29 is 129 Å². The number of aliphatic hydroxyl groups excluding tert-OH is 13. The largest absolute Gasteiger partial charge is 0.479 e. The fraction of sp³-hybridized carbons (Fsp3) is 0.912. The molecular formula is C34H56N2O26. The molecule has 0 spiro atoms. The fourth-order valence-corrected chi connectivity index (χ4v) is 7.72. The van der Waals surface area contributed by atoms with Gasteiger partial charge in [-0.3, -0.25) is 9.59 Å². The molecule has 28 nitrogen and oxygen atoms in total. The van der Waals surface area contributed by atoms with Crippen LogP contribution >= 0.6 is 0 Å². The van der Waals surface area contributed by atoms with Crippen molar-refractivity contribution in [2.45, 2.75) is 174 Å². The number of hydrogen-bond acceptors (Lipinski definition) is 25. The van der Waals surface area contributed by atoms with Crippen LogP contribution in [0.3, 0.4) is 0 Å². The predicted octanol–water partition coefficient (Wildman–Crippen LogP) is -10.5. The Morgan fingerprint density at radius 1 is 0.468 bits per heavy atom. The SMILES string of the molecule is CC(=O)N[C@H]1[C@@H](O[C@@H]2[C@H](O)[C@H](O)C(O)O[C@@H]2C(=O)O)O[C@H](CO)[C@H](O[C@@H]2O[C@H](CO)[C@@H](O)[C@H](O[C@@H]3O[C@@H](C)[C@H](O)[C@@H](O)[C@H]3O)[C@@H]2O[C@H]2O[C@H](CO)[C@@H](O)[C@H](O)[C@H]2NC(C)=O)[C@@H]1O. The fourth-order valence-electron chi connectivity index (χ4n) is 7.72. The van der Waals surface area contributed by atoms with E-state index in [4.69, 9.17) is 42.6 Å². The number of rotatable bonds is 14. The van der Waals surface area contributed by atoms with Gasteiger partial charge >= 0.3 is 5.97 Å². The first-order chi connectivity index (χ1) is 29.1. The summed E-state index contributed by atoms with van der Waals surface area (Å²) in [5, 5.41) is 153. The van der Waals surface area contributed by atoms with Gasteiger partial charge in [-0.1, -0.05) is 0 Å². The molecule has 0 bridgehead atoms. The minimum Gasteiger partial charge on any atom is -0.479 e. The number of aliphatic carboxylic acids is 1. The molecule has 2 amide bonds. The van der Waals surface area contributed by atoms with Crippen LogP contribution < -0.4 is 10.6 Å². The third kappa shape index (κ3) is 10.6. The molecule has 62 heavy (non-hydrogen) atoms. The molecule has 25 atom stereocenters. The summed E-state index contributed by atoms with van der Waals surface area (Å²) in [5.74, 6) is -3.44. The van der Waals surface area contributed by atoms with E-state index in [1.165, 1.54) is 6.92 Å². The zero-order valence-electron chi connectivity index (χ0n) is 33.2. The molecule has 0 aromatic carbocycles. The Labute approximate surface area is 350 Å². The number of aliphatic hydroxyl groups is 13. The summed E-state index contributed by atoms with van der Waals surface area (Å²) in [7, 11) is 0. The van der Waals surface area contributed by atoms with Crippen LogP contribution in [0.2, 0.25) is 0 Å². The zero-order valence-corrected chi connectivity index (χ0v) is 33.2. The van der Waals surface area contributed by atoms with Crippen LogP contribution in [-0.2, 0) is 57.0 Å². The Morgan fingerprint density at radius 2 is 0.952 bits per heavy atom. The van der Waals surface area contributed by atoms with Gasteiger partial charge in [0.15, 0.2) is 37.6 Å². The number of carboxylic acids is 1. The molecule has 5 saturated heterocycles. The highest BCUT2D eigenvalue weighted by atomic mass is 16.8. The molecule has 1 unspecified atom stereocenters. The Bertz CT molecular complexity index is 1500. The van der Waals surface area contributed by atoms with Crippen molar-refractivity contribution in [1.29, 1.82) is 0 Å². The lowest BCUT2D eigenvalue weighted by Crippen LogP contribution is -2.71. The first kappa shape index (κ1) is 50.5. The standard InChI is InChI=1S/C34H56N2O26/c1-7-15(42)20(47)23(50)33(54-7)61-25-17(44)11(5-38)56-34(28(25)62-31-13(35-8(2)40)18(45)16(43)10(4-37)55-31)59-24-12(6-39)57-32(14(19(24)46)36-9(3)41)60-26-21(48)22(49)30(53)58-27(26)29(51)52/h7,10-28,30-34,37-39,42-50,53H,4-6H2,1-3H3,(H,35,40)(H,36,41)(H,51,52)/t7-,10+,11+,12+,13+,14+,15-,16+,17+,18+,19+,20+,21+,22-,23+,24-,25-,26+,27-,28-,30?,31+,32+,33-,34-/m0/s1. The number of nitrogens with one attached hydrogen (secondary N) is 2. The van der Waals surface area contributed by atoms with Crippen LogP contribution in [0.4, 0.5) is 0 Å². The maximum Gasteiger partial charge on any atom is 0.335 e. The monoisotopic (exact) mass is 908 g/mol. The molecule has 5 aliphatic rings. The number of hydrogen-bond donors (Lipinski definition) is 16. The van der Waals surface area contributed by atoms with Gasteiger partial charge in [0.05, 0.1) is 25.9 Å². The Balaban J connectivity index is 1.53. The van der Waals surface area contributed by atoms with Crippen LogP contribution in [0.15, 0.2) is 0 Å². The molecule has 28 heteroatoms. The molecule has 0 aliphatic carbocycles. The maximum absolute atomic E-state index is 12.5. The summed E-state index contributed by atoms with van der Waals surface area (Å²) in [6.45, 7) is 0.310. The van der Waals surface area contributed by atoms with Crippen molar-refractivity contribution in [1.82, 2.24) is 10.6 Å². The van der Waals surface area contributed by atoms with Gasteiger partial charge in [-0.2, -0.15) is 0 Å². The smallest absolute Gasteiger partial charge is 0.335 e. The minimum atomic E-state index is -2.18. The lowest BCUT2D eigenvalue weighted by Gasteiger charge is -2.51. The van der Waals surface area contributed by atoms with E-state index in [1.54, 1.807) is 0 Å². The number of carboxylic acid groups (broad SMARTS) is 1. The van der Waals surface area contributed by atoms with Crippen molar-refractivity contribution in [3.05, 3.63) is 0 Å². The van der Waals surface area contributed by atoms with E-state index in [1.807, 2.05) is 0 Å². The Morgan fingerprint density at radius 3 is 1.50 bits per heavy atom. The Hall–Kier alpha value is -2.47. The third-order valence-electron chi connectivity index (χ3n) is 11.1. The van der Waals surface area contributed by atoms with Crippen LogP contribution in [0.25, 0.3) is 0 Å². The van der Waals surface area contributed by atoms with Crippen LogP contribution in [0, 0.1) is 0 Å². The summed E-state index contributed by atoms with van der Waals surface area (Å²) >= 11 is 0. The highest BCUT2D eigenvalue weighted by Gasteiger charge is 2.58. The lowest BCUT2D eigenvalue weighted by molar-refractivity contribution is -0.399. The van der Waals surface area contributed by atoms with E-state index >= 15 is 0 Å². The third-order valence-corrected chi connectivity index (χ3v) is 11.1. The van der Waals surface area contributed by atoms with Gasteiger partial charge in [-0.05, 0) is 6.92 Å². The van der Waals surface area contributed by atoms with Gasteiger partial charge in [0.2, 0.25) is 11.8 Å². The van der Waals surface area contributed by atoms with Crippen LogP contribution in [-0.4, -0.2) is 263 Å². The summed E-state index contributed by atoms with van der Waals surface area (Å²) in [4.78, 5) is 36.7. The quantitative estimate of drug-likeness (QED) is 0.0769. The van der Waals surface area contributed by atoms with E-state index in [9.17, 15) is 85.9 Å². The number of amides is 2. The van der Waals surface area contributed by atoms with Crippen molar-refractivity contribution in [3.8, 4) is 0 Å². The molecule has 16 N–H and O–H groups in total. The van der Waals surface area contributed by atoms with Crippen molar-refractivity contribution in [2.24, 2.45) is 0 Å². The molecule has 0 saturated carbocycles. The highest BCUT2D eigenvalue weighted by Crippen LogP contribution is 2.37. The molecular weight excluding hydrogens is 852 g/mol. The first-order valence-corrected chi connectivity index (χ1v) is 19.4. The highest BCUT2D eigenvalue weighted by molar-refractivity contribution is 5.74. The lowest BCUT2D eigenvalue weighted by atomic mass is 9.94. The van der Waals surface area contributed by atoms with Crippen molar-refractivity contribution in [2.75, 3.05) is 19.8 Å². The second-order valence-electron chi connectivity index (χ2n) is 15.4. The summed E-state index contributed by atoms with van der Waals surface area (Å²) < 4.78 is 51.7. The maximum atomic E-state index is 12.5. The van der Waals surface area contributed by atoms with E-state index in [0.717, 1.165) is 13.8 Å². The topological polar surface area (TPSA) is 442 Å². The summed E-state index contributed by atoms with van der Waals surface area (Å²) in [5.41, 5.74) is 0. The molecule has 0 radical (unpaired) electrons. The van der Waals surface area contributed by atoms with E-state index in [0.29, 0.717) is 0 Å². The van der Waals surface area contributed by atoms with E-state index in [2.05, 4.69) is 10.6 Å². The second kappa shape index (κ2) is 21.2. The van der Waals surface area contributed by atoms with Crippen LogP contribution in [0.5, 0.6) is 0 Å². The second-order valence-corrected chi connectivity index (χ2v) is 15.4. The van der Waals surface area contributed by atoms with Gasteiger partial charge in [-0.25, -0.2) is 4.79 Å². The van der Waals surface area contributed by atoms with Gasteiger partial charge < -0.3 is 125 Å². The average Bonchev–Trinajstić information content (AvgIpc) is 3.22. The molecule has 358 valence electrons. The molecule has 0 aromatic heterocycles.